The van der Waals surface area contributed by atoms with Crippen LogP contribution in [0.3, 0.4) is 0 Å². The van der Waals surface area contributed by atoms with Crippen molar-refractivity contribution < 1.29 is 102 Å². The average molecular weight is 612 g/mol. The van der Waals surface area contributed by atoms with E-state index >= 15 is 0 Å². The fourth-order valence-electron chi connectivity index (χ4n) is 3.89. The first-order valence-corrected chi connectivity index (χ1v) is 16.0. The topological polar surface area (TPSA) is 146 Å². The zero-order valence-electron chi connectivity index (χ0n) is 25.8. The number of esters is 1. The number of carbonyl (C=O) groups excluding carboxylic acids is 2. The Bertz CT molecular complexity index is 627. The second-order valence-corrected chi connectivity index (χ2v) is 10.9. The van der Waals surface area contributed by atoms with Crippen molar-refractivity contribution >= 4 is 19.7 Å². The standard InChI is InChI=1S/C27H54NO9P.2Na/c1-3-4-5-6-7-10-13-16-19-27(30)37-26(23-36-38(31,32)33)22-35-24-34-21-18-15-12-9-8-11-14-17-20-28-25(2)29;;/h26H,3-24H2,1-2H3,(H,28,29)(H2,31,32,33);;/q;2*+1/p-2/t26-;;/m0../s1. The van der Waals surface area contributed by atoms with Crippen molar-refractivity contribution in [3.8, 4) is 0 Å². The second-order valence-electron chi connectivity index (χ2n) is 9.79. The predicted molar refractivity (Wildman–Crippen MR) is 143 cm³/mol. The van der Waals surface area contributed by atoms with Crippen LogP contribution in [-0.2, 0) is 32.9 Å². The van der Waals surface area contributed by atoms with Gasteiger partial charge in [-0.2, -0.15) is 0 Å². The first kappa shape index (κ1) is 45.4. The summed E-state index contributed by atoms with van der Waals surface area (Å²) in [5.74, 6) is -0.442. The Labute approximate surface area is 287 Å². The van der Waals surface area contributed by atoms with E-state index in [1.54, 1.807) is 0 Å². The number of hydrogen-bond acceptors (Lipinski definition) is 9. The summed E-state index contributed by atoms with van der Waals surface area (Å²) >= 11 is 0. The summed E-state index contributed by atoms with van der Waals surface area (Å²) in [6.45, 7) is 4.29. The molecule has 226 valence electrons. The van der Waals surface area contributed by atoms with Crippen molar-refractivity contribution in [2.75, 3.05) is 33.2 Å². The molecule has 1 amide bonds. The van der Waals surface area contributed by atoms with Crippen LogP contribution in [0, 0.1) is 0 Å². The van der Waals surface area contributed by atoms with Gasteiger partial charge in [0.1, 0.15) is 12.9 Å². The fraction of sp³-hybridized carbons (Fsp3) is 0.926. The zero-order chi connectivity index (χ0) is 28.3. The maximum atomic E-state index is 12.1. The van der Waals surface area contributed by atoms with Crippen LogP contribution in [0.5, 0.6) is 0 Å². The van der Waals surface area contributed by atoms with Crippen LogP contribution in [0.4, 0.5) is 0 Å². The van der Waals surface area contributed by atoms with E-state index in [1.807, 2.05) is 0 Å². The van der Waals surface area contributed by atoms with Crippen molar-refractivity contribution in [2.24, 2.45) is 0 Å². The van der Waals surface area contributed by atoms with Crippen LogP contribution in [0.2, 0.25) is 0 Å². The Balaban J connectivity index is -0.00000684. The molecule has 10 nitrogen and oxygen atoms in total. The summed E-state index contributed by atoms with van der Waals surface area (Å²) in [5.41, 5.74) is 0. The summed E-state index contributed by atoms with van der Waals surface area (Å²) in [5, 5.41) is 2.80. The Morgan fingerprint density at radius 1 is 0.750 bits per heavy atom. The Morgan fingerprint density at radius 3 is 1.82 bits per heavy atom. The molecule has 0 bridgehead atoms. The monoisotopic (exact) mass is 611 g/mol. The molecule has 1 atom stereocenters. The van der Waals surface area contributed by atoms with Gasteiger partial charge in [0.05, 0.1) is 21.0 Å². The minimum Gasteiger partial charge on any atom is -0.790 e. The van der Waals surface area contributed by atoms with Gasteiger partial charge < -0.3 is 38.4 Å². The molecule has 0 fully saturated rings. The Hall–Kier alpha value is 0.970. The van der Waals surface area contributed by atoms with E-state index in [0.717, 1.165) is 57.9 Å². The van der Waals surface area contributed by atoms with Crippen molar-refractivity contribution in [2.45, 2.75) is 129 Å². The third kappa shape index (κ3) is 37.0. The number of hydrogen-bond donors (Lipinski definition) is 1. The SMILES string of the molecule is CCCCCCCCCCC(=O)O[C@@H](COCOCCCCCCCCCCNC(C)=O)COP(=O)([O-])[O-].[Na+].[Na+]. The van der Waals surface area contributed by atoms with Crippen LogP contribution in [-0.4, -0.2) is 51.1 Å². The van der Waals surface area contributed by atoms with E-state index in [4.69, 9.17) is 14.2 Å². The van der Waals surface area contributed by atoms with Crippen LogP contribution < -0.4 is 74.2 Å². The Morgan fingerprint density at radius 2 is 1.27 bits per heavy atom. The molecule has 0 spiro atoms. The minimum atomic E-state index is -5.18. The molecule has 0 aliphatic rings. The van der Waals surface area contributed by atoms with E-state index in [9.17, 15) is 23.9 Å². The molecule has 13 heteroatoms. The molecule has 0 radical (unpaired) electrons. The number of unbranched alkanes of at least 4 members (excludes halogenated alkanes) is 14. The second kappa shape index (κ2) is 32.9. The predicted octanol–water partition coefficient (Wildman–Crippen LogP) is -1.47. The van der Waals surface area contributed by atoms with Crippen molar-refractivity contribution in [1.29, 1.82) is 0 Å². The fourth-order valence-corrected chi connectivity index (χ4v) is 4.24. The van der Waals surface area contributed by atoms with Crippen LogP contribution in [0.1, 0.15) is 123 Å². The molecule has 0 aromatic rings. The number of rotatable bonds is 28. The van der Waals surface area contributed by atoms with Gasteiger partial charge in [0.15, 0.2) is 0 Å². The first-order chi connectivity index (χ1) is 18.2. The van der Waals surface area contributed by atoms with Crippen LogP contribution >= 0.6 is 7.82 Å². The van der Waals surface area contributed by atoms with E-state index < -0.39 is 26.5 Å². The molecule has 0 aliphatic carbocycles. The smallest absolute Gasteiger partial charge is 0.790 e. The van der Waals surface area contributed by atoms with Crippen LogP contribution in [0.15, 0.2) is 0 Å². The molecule has 0 rings (SSSR count). The van der Waals surface area contributed by atoms with Crippen LogP contribution in [0.25, 0.3) is 0 Å². The van der Waals surface area contributed by atoms with Gasteiger partial charge in [-0.1, -0.05) is 90.4 Å². The van der Waals surface area contributed by atoms with Gasteiger partial charge in [-0.05, 0) is 19.3 Å². The summed E-state index contributed by atoms with van der Waals surface area (Å²) < 4.78 is 31.2. The molecule has 1 N–H and O–H groups in total. The first-order valence-electron chi connectivity index (χ1n) is 14.5. The van der Waals surface area contributed by atoms with Gasteiger partial charge >= 0.3 is 65.1 Å². The van der Waals surface area contributed by atoms with Gasteiger partial charge in [0.25, 0.3) is 0 Å². The molecule has 0 heterocycles. The minimum absolute atomic E-state index is 0. The van der Waals surface area contributed by atoms with Crippen molar-refractivity contribution in [3.63, 3.8) is 0 Å². The van der Waals surface area contributed by atoms with E-state index in [0.29, 0.717) is 13.0 Å². The summed E-state index contributed by atoms with van der Waals surface area (Å²) in [7, 11) is -5.18. The van der Waals surface area contributed by atoms with Gasteiger partial charge in [-0.3, -0.25) is 9.59 Å². The molecule has 0 unspecified atom stereocenters. The third-order valence-corrected chi connectivity index (χ3v) is 6.48. The number of carbonyl (C=O) groups is 2. The molecule has 0 aromatic heterocycles. The summed E-state index contributed by atoms with van der Waals surface area (Å²) in [4.78, 5) is 44.5. The van der Waals surface area contributed by atoms with Gasteiger partial charge in [0, 0.05) is 26.5 Å². The number of amides is 1. The summed E-state index contributed by atoms with van der Waals surface area (Å²) in [6, 6.07) is 0. The molecule has 0 aliphatic heterocycles. The van der Waals surface area contributed by atoms with Crippen molar-refractivity contribution in [3.05, 3.63) is 0 Å². The normalized spacial score (nSPS) is 11.8. The Kier molecular flexibility index (Phi) is 37.3. The molecule has 0 saturated heterocycles. The van der Waals surface area contributed by atoms with E-state index in [2.05, 4.69) is 16.8 Å². The van der Waals surface area contributed by atoms with Crippen molar-refractivity contribution in [1.82, 2.24) is 5.32 Å². The largest absolute Gasteiger partial charge is 1.00 e. The molecule has 0 saturated carbocycles. The summed E-state index contributed by atoms with van der Waals surface area (Å²) in [6.07, 6.45) is 16.8. The van der Waals surface area contributed by atoms with Gasteiger partial charge in [0.2, 0.25) is 5.91 Å². The maximum absolute atomic E-state index is 12.1. The number of phosphoric acid groups is 1. The quantitative estimate of drug-likeness (QED) is 0.0368. The maximum Gasteiger partial charge on any atom is 1.00 e. The molecule has 40 heavy (non-hydrogen) atoms. The van der Waals surface area contributed by atoms with E-state index in [-0.39, 0.29) is 84.8 Å². The molecular formula is C27H52NNa2O9P. The average Bonchev–Trinajstić information content (AvgIpc) is 2.85. The third-order valence-electron chi connectivity index (χ3n) is 6.01. The number of ether oxygens (including phenoxy) is 3. The molecule has 0 aromatic carbocycles. The van der Waals surface area contributed by atoms with Gasteiger partial charge in [-0.15, -0.1) is 0 Å². The van der Waals surface area contributed by atoms with Gasteiger partial charge in [-0.25, -0.2) is 0 Å². The van der Waals surface area contributed by atoms with E-state index in [1.165, 1.54) is 51.9 Å². The number of nitrogens with one attached hydrogen (secondary N) is 1. The molecular weight excluding hydrogens is 559 g/mol. The zero-order valence-corrected chi connectivity index (χ0v) is 30.6. The number of phosphoric ester groups is 1.